The van der Waals surface area contributed by atoms with E-state index in [-0.39, 0.29) is 18.9 Å². The molecule has 0 aromatic heterocycles. The average Bonchev–Trinajstić information content (AvgIpc) is 2.14. The molecule has 1 atom stereocenters. The predicted octanol–water partition coefficient (Wildman–Crippen LogP) is -0.793. The molecule has 50 valence electrons. The summed E-state index contributed by atoms with van der Waals surface area (Å²) in [5.41, 5.74) is 0. The Kier molecular flexibility index (Phi) is 1.38. The molecule has 1 unspecified atom stereocenters. The summed E-state index contributed by atoms with van der Waals surface area (Å²) in [7, 11) is 0. The van der Waals surface area contributed by atoms with Gasteiger partial charge < -0.3 is 10.4 Å². The fourth-order valence-corrected chi connectivity index (χ4v) is 0.780. The van der Waals surface area contributed by atoms with Crippen LogP contribution in [0.1, 0.15) is 6.42 Å². The predicted molar refractivity (Wildman–Crippen MR) is 28.8 cm³/mol. The van der Waals surface area contributed by atoms with E-state index in [1.807, 2.05) is 0 Å². The molecular formula is C5H7NO3. The van der Waals surface area contributed by atoms with Crippen molar-refractivity contribution in [2.75, 3.05) is 6.54 Å². The number of carboxylic acid groups (broad SMARTS) is 1. The van der Waals surface area contributed by atoms with Gasteiger partial charge in [0.15, 0.2) is 0 Å². The zero-order valence-electron chi connectivity index (χ0n) is 4.76. The number of carboxylic acids is 1. The Labute approximate surface area is 51.9 Å². The molecule has 0 radical (unpaired) electrons. The van der Waals surface area contributed by atoms with Crippen LogP contribution in [0.3, 0.4) is 0 Å². The van der Waals surface area contributed by atoms with Gasteiger partial charge in [-0.1, -0.05) is 0 Å². The summed E-state index contributed by atoms with van der Waals surface area (Å²) < 4.78 is 0. The van der Waals surface area contributed by atoms with Crippen molar-refractivity contribution in [3.8, 4) is 0 Å². The van der Waals surface area contributed by atoms with Gasteiger partial charge in [0.05, 0.1) is 5.92 Å². The minimum atomic E-state index is -0.895. The lowest BCUT2D eigenvalue weighted by atomic mass is 10.1. The van der Waals surface area contributed by atoms with Gasteiger partial charge in [-0.05, 0) is 0 Å². The Balaban J connectivity index is 2.48. The van der Waals surface area contributed by atoms with E-state index < -0.39 is 11.9 Å². The van der Waals surface area contributed by atoms with Crippen molar-refractivity contribution in [1.82, 2.24) is 5.32 Å². The zero-order chi connectivity index (χ0) is 6.85. The highest BCUT2D eigenvalue weighted by Crippen LogP contribution is 2.07. The highest BCUT2D eigenvalue weighted by molar-refractivity contribution is 5.85. The van der Waals surface area contributed by atoms with Crippen LogP contribution in [-0.4, -0.2) is 23.5 Å². The first-order valence-electron chi connectivity index (χ1n) is 2.69. The molecule has 0 aliphatic carbocycles. The minimum Gasteiger partial charge on any atom is -0.481 e. The Morgan fingerprint density at radius 2 is 2.44 bits per heavy atom. The van der Waals surface area contributed by atoms with E-state index in [9.17, 15) is 9.59 Å². The maximum atomic E-state index is 10.4. The van der Waals surface area contributed by atoms with Crippen molar-refractivity contribution in [2.24, 2.45) is 5.92 Å². The molecule has 1 aliphatic heterocycles. The zero-order valence-corrected chi connectivity index (χ0v) is 4.76. The smallest absolute Gasteiger partial charge is 0.308 e. The third-order valence-electron chi connectivity index (χ3n) is 1.33. The van der Waals surface area contributed by atoms with Crippen LogP contribution in [0.2, 0.25) is 0 Å². The van der Waals surface area contributed by atoms with Gasteiger partial charge >= 0.3 is 5.97 Å². The summed E-state index contributed by atoms with van der Waals surface area (Å²) in [6, 6.07) is 0. The lowest BCUT2D eigenvalue weighted by Gasteiger charge is -1.95. The van der Waals surface area contributed by atoms with Crippen molar-refractivity contribution in [2.45, 2.75) is 6.42 Å². The molecular weight excluding hydrogens is 122 g/mol. The molecule has 4 heteroatoms. The normalized spacial score (nSPS) is 25.8. The maximum Gasteiger partial charge on any atom is 0.308 e. The second kappa shape index (κ2) is 2.05. The molecule has 1 saturated heterocycles. The first kappa shape index (κ1) is 6.07. The molecule has 1 aliphatic rings. The fraction of sp³-hybridized carbons (Fsp3) is 0.600. The van der Waals surface area contributed by atoms with Crippen LogP contribution >= 0.6 is 0 Å². The minimum absolute atomic E-state index is 0.134. The molecule has 0 aromatic rings. The molecule has 1 fully saturated rings. The number of amides is 1. The van der Waals surface area contributed by atoms with Crippen LogP contribution in [0.25, 0.3) is 0 Å². The first-order chi connectivity index (χ1) is 4.20. The number of nitrogens with one attached hydrogen (secondary N) is 1. The topological polar surface area (TPSA) is 66.4 Å². The molecule has 1 rings (SSSR count). The maximum absolute atomic E-state index is 10.4. The van der Waals surface area contributed by atoms with E-state index in [1.165, 1.54) is 0 Å². The second-order valence-corrected chi connectivity index (χ2v) is 2.04. The van der Waals surface area contributed by atoms with Gasteiger partial charge in [-0.3, -0.25) is 9.59 Å². The Morgan fingerprint density at radius 3 is 2.67 bits per heavy atom. The monoisotopic (exact) mass is 129 g/mol. The van der Waals surface area contributed by atoms with E-state index in [0.29, 0.717) is 0 Å². The number of rotatable bonds is 1. The molecule has 4 nitrogen and oxygen atoms in total. The van der Waals surface area contributed by atoms with Crippen molar-refractivity contribution in [3.63, 3.8) is 0 Å². The van der Waals surface area contributed by atoms with Crippen LogP contribution in [0.15, 0.2) is 0 Å². The number of carbonyl (C=O) groups is 2. The third kappa shape index (κ3) is 1.19. The van der Waals surface area contributed by atoms with E-state index in [0.717, 1.165) is 0 Å². The van der Waals surface area contributed by atoms with Crippen LogP contribution in [0, 0.1) is 5.92 Å². The molecule has 9 heavy (non-hydrogen) atoms. The van der Waals surface area contributed by atoms with E-state index in [4.69, 9.17) is 5.11 Å². The van der Waals surface area contributed by atoms with E-state index in [1.54, 1.807) is 0 Å². The van der Waals surface area contributed by atoms with Crippen molar-refractivity contribution < 1.29 is 14.7 Å². The molecule has 0 saturated carbocycles. The molecule has 2 N–H and O–H groups in total. The Bertz CT molecular complexity index is 154. The van der Waals surface area contributed by atoms with Gasteiger partial charge in [0.25, 0.3) is 0 Å². The third-order valence-corrected chi connectivity index (χ3v) is 1.33. The largest absolute Gasteiger partial charge is 0.481 e. The van der Waals surface area contributed by atoms with Gasteiger partial charge in [0.1, 0.15) is 0 Å². The van der Waals surface area contributed by atoms with Gasteiger partial charge in [0, 0.05) is 13.0 Å². The van der Waals surface area contributed by atoms with E-state index >= 15 is 0 Å². The number of hydrogen-bond acceptors (Lipinski definition) is 2. The van der Waals surface area contributed by atoms with Crippen LogP contribution in [0.4, 0.5) is 0 Å². The molecule has 0 bridgehead atoms. The fourth-order valence-electron chi connectivity index (χ4n) is 0.780. The lowest BCUT2D eigenvalue weighted by molar-refractivity contribution is -0.141. The van der Waals surface area contributed by atoms with E-state index in [2.05, 4.69) is 5.32 Å². The quantitative estimate of drug-likeness (QED) is 0.487. The highest BCUT2D eigenvalue weighted by Gasteiger charge is 2.26. The van der Waals surface area contributed by atoms with Gasteiger partial charge in [-0.2, -0.15) is 0 Å². The summed E-state index contributed by atoms with van der Waals surface area (Å²) in [6.45, 7) is 0.286. The number of carbonyl (C=O) groups excluding carboxylic acids is 1. The van der Waals surface area contributed by atoms with Gasteiger partial charge in [0.2, 0.25) is 5.91 Å². The summed E-state index contributed by atoms with van der Waals surface area (Å²) >= 11 is 0. The molecule has 1 heterocycles. The molecule has 0 spiro atoms. The highest BCUT2D eigenvalue weighted by atomic mass is 16.4. The van der Waals surface area contributed by atoms with Crippen LogP contribution in [-0.2, 0) is 9.59 Å². The molecule has 0 aromatic carbocycles. The van der Waals surface area contributed by atoms with Crippen LogP contribution in [0.5, 0.6) is 0 Å². The summed E-state index contributed by atoms with van der Waals surface area (Å²) in [5, 5.41) is 10.8. The summed E-state index contributed by atoms with van der Waals surface area (Å²) in [4.78, 5) is 20.5. The second-order valence-electron chi connectivity index (χ2n) is 2.04. The van der Waals surface area contributed by atoms with Crippen molar-refractivity contribution in [3.05, 3.63) is 0 Å². The number of aliphatic carboxylic acids is 1. The number of hydrogen-bond donors (Lipinski definition) is 2. The standard InChI is InChI=1S/C5H7NO3/c7-4-1-3(2-6-4)5(8)9/h3H,1-2H2,(H,6,7)(H,8,9). The van der Waals surface area contributed by atoms with Crippen molar-refractivity contribution in [1.29, 1.82) is 0 Å². The Morgan fingerprint density at radius 1 is 1.78 bits per heavy atom. The Hall–Kier alpha value is -1.06. The summed E-state index contributed by atoms with van der Waals surface area (Å²) in [6.07, 6.45) is 0.134. The lowest BCUT2D eigenvalue weighted by Crippen LogP contribution is -2.17. The van der Waals surface area contributed by atoms with Crippen LogP contribution < -0.4 is 5.32 Å². The van der Waals surface area contributed by atoms with Gasteiger partial charge in [-0.25, -0.2) is 0 Å². The average molecular weight is 129 g/mol. The molecule has 1 amide bonds. The summed E-state index contributed by atoms with van der Waals surface area (Å²) in [5.74, 6) is -1.56. The SMILES string of the molecule is O=C1CC(C(=O)O)CN1. The van der Waals surface area contributed by atoms with Gasteiger partial charge in [-0.15, -0.1) is 0 Å². The van der Waals surface area contributed by atoms with Crippen molar-refractivity contribution >= 4 is 11.9 Å². The first-order valence-corrected chi connectivity index (χ1v) is 2.69.